The molecular weight excluding hydrogens is 334 g/mol. The van der Waals surface area contributed by atoms with Crippen LogP contribution >= 0.6 is 0 Å². The maximum Gasteiger partial charge on any atom is 0.338 e. The minimum atomic E-state index is -0.459. The standard InChI is InChI=1S/C18H18O2.C6H7N/c1-18(2,3)20-17(19)13-8-9-16-14(11-13)10-12-6-4-5-7-15(12)16;1-2-4-6-7-5-3-1/h4-9,11H,10H2,1-3H3;1-7H. The average Bonchev–Trinajstić information content (AvgIpc) is 2.79. The van der Waals surface area contributed by atoms with E-state index in [1.165, 1.54) is 22.3 Å². The molecule has 0 fully saturated rings. The molecule has 1 N–H and O–H groups in total. The van der Waals surface area contributed by atoms with E-state index in [0.717, 1.165) is 6.42 Å². The molecule has 27 heavy (non-hydrogen) atoms. The van der Waals surface area contributed by atoms with Crippen LogP contribution in [0.15, 0.2) is 79.2 Å². The predicted octanol–water partition coefficient (Wildman–Crippen LogP) is 5.39. The van der Waals surface area contributed by atoms with Crippen LogP contribution < -0.4 is 5.32 Å². The number of carbonyl (C=O) groups is 1. The average molecular weight is 359 g/mol. The molecule has 0 saturated carbocycles. The summed E-state index contributed by atoms with van der Waals surface area (Å²) in [5.74, 6) is -0.253. The third-order valence-electron chi connectivity index (χ3n) is 4.15. The van der Waals surface area contributed by atoms with Crippen LogP contribution in [0.4, 0.5) is 0 Å². The van der Waals surface area contributed by atoms with Gasteiger partial charge in [-0.2, -0.15) is 0 Å². The van der Waals surface area contributed by atoms with Crippen molar-refractivity contribution in [1.29, 1.82) is 0 Å². The molecule has 1 aliphatic heterocycles. The molecular formula is C24H25NO2. The maximum atomic E-state index is 12.1. The molecule has 1 heterocycles. The Bertz CT molecular complexity index is 900. The van der Waals surface area contributed by atoms with E-state index in [0.29, 0.717) is 5.56 Å². The maximum absolute atomic E-state index is 12.1. The van der Waals surface area contributed by atoms with Crippen molar-refractivity contribution in [3.05, 3.63) is 95.9 Å². The lowest BCUT2D eigenvalue weighted by Gasteiger charge is -2.19. The zero-order chi connectivity index (χ0) is 19.3. The Balaban J connectivity index is 0.000000253. The van der Waals surface area contributed by atoms with Gasteiger partial charge in [0.25, 0.3) is 0 Å². The summed E-state index contributed by atoms with van der Waals surface area (Å²) in [5, 5.41) is 2.92. The van der Waals surface area contributed by atoms with Crippen LogP contribution in [-0.4, -0.2) is 11.6 Å². The number of fused-ring (bicyclic) bond motifs is 3. The van der Waals surface area contributed by atoms with E-state index < -0.39 is 5.60 Å². The molecule has 0 bridgehead atoms. The Kier molecular flexibility index (Phi) is 5.60. The number of hydrogen-bond acceptors (Lipinski definition) is 3. The lowest BCUT2D eigenvalue weighted by Crippen LogP contribution is -2.23. The van der Waals surface area contributed by atoms with E-state index in [4.69, 9.17) is 4.74 Å². The Labute approximate surface area is 161 Å². The van der Waals surface area contributed by atoms with E-state index in [-0.39, 0.29) is 5.97 Å². The van der Waals surface area contributed by atoms with E-state index in [2.05, 4.69) is 29.6 Å². The Morgan fingerprint density at radius 2 is 1.56 bits per heavy atom. The molecule has 2 aliphatic rings. The van der Waals surface area contributed by atoms with Gasteiger partial charge in [-0.3, -0.25) is 0 Å². The number of allylic oxidation sites excluding steroid dienone is 4. The molecule has 2 aromatic rings. The second-order valence-electron chi connectivity index (χ2n) is 7.48. The molecule has 4 rings (SSSR count). The van der Waals surface area contributed by atoms with Gasteiger partial charge in [0.1, 0.15) is 5.60 Å². The van der Waals surface area contributed by atoms with Gasteiger partial charge in [0.15, 0.2) is 0 Å². The first-order chi connectivity index (χ1) is 12.9. The van der Waals surface area contributed by atoms with Gasteiger partial charge in [-0.05, 0) is 73.7 Å². The minimum Gasteiger partial charge on any atom is -0.456 e. The number of rotatable bonds is 1. The second kappa shape index (κ2) is 8.09. The first-order valence-electron chi connectivity index (χ1n) is 9.13. The molecule has 0 aromatic heterocycles. The fraction of sp³-hybridized carbons (Fsp3) is 0.208. The molecule has 0 unspecified atom stereocenters. The summed E-state index contributed by atoms with van der Waals surface area (Å²) in [5.41, 5.74) is 5.20. The van der Waals surface area contributed by atoms with Crippen molar-refractivity contribution in [2.75, 3.05) is 0 Å². The van der Waals surface area contributed by atoms with E-state index >= 15 is 0 Å². The highest BCUT2D eigenvalue weighted by atomic mass is 16.6. The van der Waals surface area contributed by atoms with Crippen LogP contribution in [0.1, 0.15) is 42.3 Å². The molecule has 1 aliphatic carbocycles. The van der Waals surface area contributed by atoms with Crippen molar-refractivity contribution >= 4 is 5.97 Å². The van der Waals surface area contributed by atoms with Crippen molar-refractivity contribution in [1.82, 2.24) is 5.32 Å². The Morgan fingerprint density at radius 1 is 0.889 bits per heavy atom. The number of hydrogen-bond donors (Lipinski definition) is 1. The Morgan fingerprint density at radius 3 is 2.26 bits per heavy atom. The SMILES string of the molecule is C1=CC=CNC=C1.CC(C)(C)OC(=O)c1ccc2c(c1)Cc1ccccc1-2. The van der Waals surface area contributed by atoms with Crippen molar-refractivity contribution < 1.29 is 9.53 Å². The summed E-state index contributed by atoms with van der Waals surface area (Å²) in [6, 6.07) is 14.2. The fourth-order valence-electron chi connectivity index (χ4n) is 3.02. The summed E-state index contributed by atoms with van der Waals surface area (Å²) in [7, 11) is 0. The molecule has 0 atom stereocenters. The van der Waals surface area contributed by atoms with Gasteiger partial charge in [0.2, 0.25) is 0 Å². The smallest absolute Gasteiger partial charge is 0.338 e. The second-order valence-corrected chi connectivity index (χ2v) is 7.48. The third kappa shape index (κ3) is 4.98. The molecule has 0 radical (unpaired) electrons. The highest BCUT2D eigenvalue weighted by molar-refractivity contribution is 5.91. The van der Waals surface area contributed by atoms with Gasteiger partial charge in [0, 0.05) is 12.4 Å². The summed E-state index contributed by atoms with van der Waals surface area (Å²) < 4.78 is 5.42. The molecule has 0 saturated heterocycles. The molecule has 138 valence electrons. The minimum absolute atomic E-state index is 0.253. The van der Waals surface area contributed by atoms with Gasteiger partial charge < -0.3 is 10.1 Å². The van der Waals surface area contributed by atoms with E-state index in [1.54, 1.807) is 0 Å². The number of nitrogens with one attached hydrogen (secondary N) is 1. The largest absolute Gasteiger partial charge is 0.456 e. The number of benzene rings is 2. The van der Waals surface area contributed by atoms with Crippen LogP contribution in [0.5, 0.6) is 0 Å². The highest BCUT2D eigenvalue weighted by Crippen LogP contribution is 2.36. The molecule has 0 spiro atoms. The molecule has 0 amide bonds. The Hall–Kier alpha value is -3.07. The number of esters is 1. The van der Waals surface area contributed by atoms with Gasteiger partial charge in [-0.1, -0.05) is 42.5 Å². The van der Waals surface area contributed by atoms with Gasteiger partial charge >= 0.3 is 5.97 Å². The van der Waals surface area contributed by atoms with Crippen molar-refractivity contribution in [2.24, 2.45) is 0 Å². The van der Waals surface area contributed by atoms with Crippen molar-refractivity contribution in [3.8, 4) is 11.1 Å². The number of carbonyl (C=O) groups excluding carboxylic acids is 1. The zero-order valence-corrected chi connectivity index (χ0v) is 16.0. The quantitative estimate of drug-likeness (QED) is 0.592. The van der Waals surface area contributed by atoms with Gasteiger partial charge in [0.05, 0.1) is 5.56 Å². The normalized spacial score (nSPS) is 13.6. The van der Waals surface area contributed by atoms with E-state index in [1.807, 2.05) is 75.7 Å². The predicted molar refractivity (Wildman–Crippen MR) is 110 cm³/mol. The summed E-state index contributed by atoms with van der Waals surface area (Å²) in [4.78, 5) is 12.1. The van der Waals surface area contributed by atoms with Gasteiger partial charge in [-0.15, -0.1) is 0 Å². The lowest BCUT2D eigenvalue weighted by molar-refractivity contribution is 0.00694. The highest BCUT2D eigenvalue weighted by Gasteiger charge is 2.22. The first-order valence-corrected chi connectivity index (χ1v) is 9.13. The summed E-state index contributed by atoms with van der Waals surface area (Å²) in [6.07, 6.45) is 12.5. The fourth-order valence-corrected chi connectivity index (χ4v) is 3.02. The van der Waals surface area contributed by atoms with Crippen LogP contribution in [-0.2, 0) is 11.2 Å². The van der Waals surface area contributed by atoms with Crippen LogP contribution in [0.2, 0.25) is 0 Å². The van der Waals surface area contributed by atoms with E-state index in [9.17, 15) is 4.79 Å². The lowest BCUT2D eigenvalue weighted by atomic mass is 10.0. The topological polar surface area (TPSA) is 38.3 Å². The third-order valence-corrected chi connectivity index (χ3v) is 4.15. The molecule has 2 aromatic carbocycles. The van der Waals surface area contributed by atoms with Crippen LogP contribution in [0.25, 0.3) is 11.1 Å². The first kappa shape index (κ1) is 18.7. The summed E-state index contributed by atoms with van der Waals surface area (Å²) >= 11 is 0. The zero-order valence-electron chi connectivity index (χ0n) is 16.0. The van der Waals surface area contributed by atoms with Crippen LogP contribution in [0.3, 0.4) is 0 Å². The van der Waals surface area contributed by atoms with Crippen molar-refractivity contribution in [3.63, 3.8) is 0 Å². The van der Waals surface area contributed by atoms with Gasteiger partial charge in [-0.25, -0.2) is 4.79 Å². The van der Waals surface area contributed by atoms with Crippen LogP contribution in [0, 0.1) is 0 Å². The molecule has 3 heteroatoms. The monoisotopic (exact) mass is 359 g/mol. The van der Waals surface area contributed by atoms with Crippen molar-refractivity contribution in [2.45, 2.75) is 32.8 Å². The number of ether oxygens (including phenoxy) is 1. The summed E-state index contributed by atoms with van der Waals surface area (Å²) in [6.45, 7) is 5.65. The molecule has 3 nitrogen and oxygen atoms in total.